The average molecular weight is 245 g/mol. The number of para-hydroxylation sites is 1. The Balaban J connectivity index is 2.01. The van der Waals surface area contributed by atoms with Crippen molar-refractivity contribution >= 4 is 22.9 Å². The highest BCUT2D eigenvalue weighted by Gasteiger charge is 2.04. The van der Waals surface area contributed by atoms with E-state index in [0.717, 1.165) is 22.1 Å². The zero-order chi connectivity index (χ0) is 12.3. The quantitative estimate of drug-likeness (QED) is 0.843. The number of benzene rings is 1. The molecule has 0 saturated heterocycles. The summed E-state index contributed by atoms with van der Waals surface area (Å²) in [7, 11) is 0. The molecule has 0 spiro atoms. The Morgan fingerprint density at radius 3 is 2.59 bits per heavy atom. The molecule has 3 nitrogen and oxygen atoms in total. The van der Waals surface area contributed by atoms with Gasteiger partial charge in [-0.3, -0.25) is 4.68 Å². The summed E-state index contributed by atoms with van der Waals surface area (Å²) in [5.41, 5.74) is 3.16. The number of anilines is 1. The molecule has 0 radical (unpaired) electrons. The van der Waals surface area contributed by atoms with Crippen LogP contribution in [0.25, 0.3) is 0 Å². The summed E-state index contributed by atoms with van der Waals surface area (Å²) in [6.45, 7) is 4.63. The van der Waals surface area contributed by atoms with Gasteiger partial charge in [0.05, 0.1) is 12.2 Å². The summed E-state index contributed by atoms with van der Waals surface area (Å²) in [4.78, 5) is 0.766. The maximum Gasteiger partial charge on any atom is 0.102 e. The highest BCUT2D eigenvalue weighted by Crippen LogP contribution is 2.07. The minimum Gasteiger partial charge on any atom is -0.348 e. The van der Waals surface area contributed by atoms with E-state index in [1.165, 1.54) is 0 Å². The highest BCUT2D eigenvalue weighted by molar-refractivity contribution is 7.80. The van der Waals surface area contributed by atoms with Crippen molar-refractivity contribution < 1.29 is 0 Å². The zero-order valence-corrected chi connectivity index (χ0v) is 10.8. The summed E-state index contributed by atoms with van der Waals surface area (Å²) in [6.07, 6.45) is 0. The average Bonchev–Trinajstić information content (AvgIpc) is 2.58. The Hall–Kier alpha value is -1.68. The second-order valence-corrected chi connectivity index (χ2v) is 4.49. The highest BCUT2D eigenvalue weighted by atomic mass is 32.1. The fraction of sp³-hybridized carbons (Fsp3) is 0.231. The zero-order valence-electron chi connectivity index (χ0n) is 9.97. The van der Waals surface area contributed by atoms with Gasteiger partial charge in [-0.05, 0) is 32.0 Å². The van der Waals surface area contributed by atoms with Crippen molar-refractivity contribution in [3.63, 3.8) is 0 Å². The van der Waals surface area contributed by atoms with Gasteiger partial charge >= 0.3 is 0 Å². The van der Waals surface area contributed by atoms with Crippen LogP contribution in [-0.4, -0.2) is 14.8 Å². The minimum atomic E-state index is 0.615. The van der Waals surface area contributed by atoms with Gasteiger partial charge in [-0.1, -0.05) is 30.4 Å². The second-order valence-electron chi connectivity index (χ2n) is 4.00. The Morgan fingerprint density at radius 1 is 1.29 bits per heavy atom. The molecule has 0 amide bonds. The van der Waals surface area contributed by atoms with Crippen LogP contribution in [0.4, 0.5) is 5.69 Å². The lowest BCUT2D eigenvalue weighted by atomic mass is 10.3. The molecular formula is C13H15N3S. The van der Waals surface area contributed by atoms with Crippen LogP contribution < -0.4 is 5.32 Å². The number of hydrogen-bond donors (Lipinski definition) is 1. The smallest absolute Gasteiger partial charge is 0.102 e. The third-order valence-corrected chi connectivity index (χ3v) is 2.69. The summed E-state index contributed by atoms with van der Waals surface area (Å²) >= 11 is 5.31. The number of hydrogen-bond acceptors (Lipinski definition) is 2. The van der Waals surface area contributed by atoms with Crippen LogP contribution >= 0.6 is 12.2 Å². The molecule has 4 heteroatoms. The van der Waals surface area contributed by atoms with Gasteiger partial charge in [0.25, 0.3) is 0 Å². The predicted molar refractivity (Wildman–Crippen MR) is 74.4 cm³/mol. The minimum absolute atomic E-state index is 0.615. The lowest BCUT2D eigenvalue weighted by molar-refractivity contribution is 0.696. The molecule has 2 aromatic rings. The van der Waals surface area contributed by atoms with E-state index in [9.17, 15) is 0 Å². The lowest BCUT2D eigenvalue weighted by Crippen LogP contribution is -2.18. The van der Waals surface area contributed by atoms with Crippen LogP contribution in [0.2, 0.25) is 0 Å². The molecule has 0 bridgehead atoms. The van der Waals surface area contributed by atoms with Gasteiger partial charge in [-0.2, -0.15) is 5.10 Å². The van der Waals surface area contributed by atoms with Crippen LogP contribution in [0.5, 0.6) is 0 Å². The normalized spacial score (nSPS) is 10.2. The summed E-state index contributed by atoms with van der Waals surface area (Å²) < 4.78 is 1.91. The number of aromatic nitrogens is 2. The molecule has 88 valence electrons. The van der Waals surface area contributed by atoms with Crippen molar-refractivity contribution in [2.45, 2.75) is 20.4 Å². The van der Waals surface area contributed by atoms with Gasteiger partial charge in [-0.15, -0.1) is 0 Å². The first kappa shape index (κ1) is 11.8. The largest absolute Gasteiger partial charge is 0.348 e. The third-order valence-electron chi connectivity index (χ3n) is 2.45. The lowest BCUT2D eigenvalue weighted by Gasteiger charge is -2.09. The Bertz CT molecular complexity index is 517. The monoisotopic (exact) mass is 245 g/mol. The van der Waals surface area contributed by atoms with Crippen molar-refractivity contribution in [1.82, 2.24) is 9.78 Å². The fourth-order valence-electron chi connectivity index (χ4n) is 1.69. The number of rotatable bonds is 3. The molecule has 0 unspecified atom stereocenters. The molecule has 17 heavy (non-hydrogen) atoms. The van der Waals surface area contributed by atoms with Gasteiger partial charge in [-0.25, -0.2) is 0 Å². The van der Waals surface area contributed by atoms with Crippen LogP contribution in [0.3, 0.4) is 0 Å². The van der Waals surface area contributed by atoms with E-state index in [1.807, 2.05) is 54.9 Å². The molecule has 1 N–H and O–H groups in total. The number of nitrogens with one attached hydrogen (secondary N) is 1. The molecule has 2 rings (SSSR count). The predicted octanol–water partition coefficient (Wildman–Crippen LogP) is 2.94. The maximum atomic E-state index is 5.31. The number of nitrogens with zero attached hydrogens (tertiary/aromatic N) is 2. The van der Waals surface area contributed by atoms with Crippen molar-refractivity contribution in [2.24, 2.45) is 0 Å². The first-order valence-corrected chi connectivity index (χ1v) is 5.92. The summed E-state index contributed by atoms with van der Waals surface area (Å²) in [6, 6.07) is 12.0. The van der Waals surface area contributed by atoms with E-state index in [0.29, 0.717) is 6.54 Å². The second kappa shape index (κ2) is 5.10. The van der Waals surface area contributed by atoms with E-state index in [-0.39, 0.29) is 0 Å². The summed E-state index contributed by atoms with van der Waals surface area (Å²) in [5.74, 6) is 0. The van der Waals surface area contributed by atoms with Crippen molar-refractivity contribution in [2.75, 3.05) is 5.32 Å². The van der Waals surface area contributed by atoms with Gasteiger partial charge in [0.15, 0.2) is 0 Å². The summed E-state index contributed by atoms with van der Waals surface area (Å²) in [5, 5.41) is 7.58. The maximum absolute atomic E-state index is 5.31. The molecule has 0 saturated carbocycles. The molecule has 0 fully saturated rings. The Labute approximate surface area is 106 Å². The number of aryl methyl sites for hydroxylation is 2. The first-order chi connectivity index (χ1) is 8.15. The fourth-order valence-corrected chi connectivity index (χ4v) is 1.93. The van der Waals surface area contributed by atoms with Crippen LogP contribution in [0, 0.1) is 13.8 Å². The van der Waals surface area contributed by atoms with Crippen molar-refractivity contribution in [3.05, 3.63) is 47.8 Å². The molecule has 0 aliphatic rings. The first-order valence-electron chi connectivity index (χ1n) is 5.51. The van der Waals surface area contributed by atoms with Crippen LogP contribution in [0.1, 0.15) is 11.4 Å². The van der Waals surface area contributed by atoms with Crippen molar-refractivity contribution in [1.29, 1.82) is 0 Å². The molecule has 0 aliphatic carbocycles. The Morgan fingerprint density at radius 2 is 2.00 bits per heavy atom. The van der Waals surface area contributed by atoms with Gasteiger partial charge in [0.2, 0.25) is 0 Å². The van der Waals surface area contributed by atoms with E-state index in [4.69, 9.17) is 12.2 Å². The topological polar surface area (TPSA) is 29.9 Å². The van der Waals surface area contributed by atoms with Gasteiger partial charge < -0.3 is 5.32 Å². The molecular weight excluding hydrogens is 230 g/mol. The van der Waals surface area contributed by atoms with Crippen LogP contribution in [0.15, 0.2) is 36.4 Å². The molecule has 1 aromatic heterocycles. The molecule has 1 aromatic carbocycles. The Kier molecular flexibility index (Phi) is 3.54. The molecule has 1 heterocycles. The van der Waals surface area contributed by atoms with Gasteiger partial charge in [0, 0.05) is 11.4 Å². The van der Waals surface area contributed by atoms with Crippen molar-refractivity contribution in [3.8, 4) is 0 Å². The van der Waals surface area contributed by atoms with Crippen LogP contribution in [-0.2, 0) is 6.54 Å². The van der Waals surface area contributed by atoms with E-state index in [1.54, 1.807) is 0 Å². The van der Waals surface area contributed by atoms with E-state index >= 15 is 0 Å². The SMILES string of the molecule is Cc1cc(C)n(CC(=S)Nc2ccccc2)n1. The standard InChI is InChI=1S/C13H15N3S/c1-10-8-11(2)16(15-10)9-13(17)14-12-6-4-3-5-7-12/h3-8H,9H2,1-2H3,(H,14,17). The van der Waals surface area contributed by atoms with Gasteiger partial charge in [0.1, 0.15) is 4.99 Å². The third kappa shape index (κ3) is 3.14. The number of thiocarbonyl (C=S) groups is 1. The van der Waals surface area contributed by atoms with E-state index < -0.39 is 0 Å². The molecule has 0 aliphatic heterocycles. The molecule has 0 atom stereocenters. The van der Waals surface area contributed by atoms with E-state index in [2.05, 4.69) is 10.4 Å².